The van der Waals surface area contributed by atoms with Crippen LogP contribution in [0, 0.1) is 0 Å². The van der Waals surface area contributed by atoms with Crippen LogP contribution in [0.25, 0.3) is 11.1 Å². The number of hydrogen-bond donors (Lipinski definition) is 1. The largest absolute Gasteiger partial charge is 0.417 e. The van der Waals surface area contributed by atoms with Crippen LogP contribution < -0.4 is 4.72 Å². The van der Waals surface area contributed by atoms with Crippen LogP contribution in [0.15, 0.2) is 41.4 Å². The van der Waals surface area contributed by atoms with Gasteiger partial charge in [-0.25, -0.2) is 13.1 Å². The van der Waals surface area contributed by atoms with Crippen LogP contribution in [-0.4, -0.2) is 19.8 Å². The van der Waals surface area contributed by atoms with Gasteiger partial charge in [-0.05, 0) is 42.4 Å². The highest BCUT2D eigenvalue weighted by Gasteiger charge is 2.35. The second kappa shape index (κ2) is 8.08. The molecule has 0 spiro atoms. The van der Waals surface area contributed by atoms with Gasteiger partial charge in [-0.15, -0.1) is 0 Å². The molecule has 27 heavy (non-hydrogen) atoms. The molecule has 144 valence electrons. The van der Waals surface area contributed by atoms with Crippen molar-refractivity contribution in [2.75, 3.05) is 6.26 Å². The first-order valence-corrected chi connectivity index (χ1v) is 10.2. The third-order valence-corrected chi connectivity index (χ3v) is 4.82. The second-order valence-electron chi connectivity index (χ2n) is 5.78. The molecule has 0 bridgehead atoms. The smallest absolute Gasteiger partial charge is 0.213 e. The Hall–Kier alpha value is -1.77. The van der Waals surface area contributed by atoms with Gasteiger partial charge in [0.25, 0.3) is 0 Å². The molecule has 0 heterocycles. The standard InChI is InChI=1S/C17H14ClF3N2O2S2/c1-10(23-27(2,24)25)11-3-5-12(6-4-11)16-14(17(19,20)21)7-13(22-9-26)8-15(16)18/h3-8,10,23H,1-2H3. The van der Waals surface area contributed by atoms with Crippen molar-refractivity contribution in [2.45, 2.75) is 19.1 Å². The molecule has 0 aliphatic heterocycles. The summed E-state index contributed by atoms with van der Waals surface area (Å²) in [6.45, 7) is 1.63. The summed E-state index contributed by atoms with van der Waals surface area (Å²) in [6, 6.07) is 7.57. The number of isothiocyanates is 1. The van der Waals surface area contributed by atoms with Gasteiger partial charge in [-0.3, -0.25) is 0 Å². The van der Waals surface area contributed by atoms with Crippen LogP contribution in [0.5, 0.6) is 0 Å². The van der Waals surface area contributed by atoms with E-state index in [-0.39, 0.29) is 21.8 Å². The maximum absolute atomic E-state index is 13.5. The van der Waals surface area contributed by atoms with Crippen LogP contribution in [0.4, 0.5) is 18.9 Å². The molecule has 0 radical (unpaired) electrons. The first kappa shape index (κ1) is 21.5. The Morgan fingerprint density at radius 3 is 2.30 bits per heavy atom. The highest BCUT2D eigenvalue weighted by Crippen LogP contribution is 2.43. The van der Waals surface area contributed by atoms with E-state index in [9.17, 15) is 21.6 Å². The average Bonchev–Trinajstić information content (AvgIpc) is 2.52. The number of nitrogens with zero attached hydrogens (tertiary/aromatic N) is 1. The van der Waals surface area contributed by atoms with E-state index >= 15 is 0 Å². The van der Waals surface area contributed by atoms with Crippen molar-refractivity contribution >= 4 is 44.7 Å². The van der Waals surface area contributed by atoms with Crippen molar-refractivity contribution < 1.29 is 21.6 Å². The van der Waals surface area contributed by atoms with E-state index in [1.165, 1.54) is 30.3 Å². The number of thiocarbonyl (C=S) groups is 1. The van der Waals surface area contributed by atoms with Crippen molar-refractivity contribution in [3.63, 3.8) is 0 Å². The first-order chi connectivity index (χ1) is 12.4. The SMILES string of the molecule is CC(NS(C)(=O)=O)c1ccc(-c2c(Cl)cc(N=C=S)cc2C(F)(F)F)cc1. The fourth-order valence-electron chi connectivity index (χ4n) is 2.55. The van der Waals surface area contributed by atoms with E-state index < -0.39 is 27.8 Å². The van der Waals surface area contributed by atoms with Crippen molar-refractivity contribution in [3.05, 3.63) is 52.5 Å². The summed E-state index contributed by atoms with van der Waals surface area (Å²) in [5.74, 6) is 0. The van der Waals surface area contributed by atoms with Gasteiger partial charge >= 0.3 is 6.18 Å². The minimum atomic E-state index is -4.66. The zero-order valence-corrected chi connectivity index (χ0v) is 16.5. The van der Waals surface area contributed by atoms with Gasteiger partial charge in [0.2, 0.25) is 10.0 Å². The zero-order valence-electron chi connectivity index (χ0n) is 14.1. The van der Waals surface area contributed by atoms with Gasteiger partial charge < -0.3 is 0 Å². The summed E-state index contributed by atoms with van der Waals surface area (Å²) < 4.78 is 65.5. The lowest BCUT2D eigenvalue weighted by atomic mass is 9.96. The lowest BCUT2D eigenvalue weighted by Gasteiger charge is -2.17. The maximum Gasteiger partial charge on any atom is 0.417 e. The number of halogens is 4. The molecule has 10 heteroatoms. The number of sulfonamides is 1. The molecule has 0 aromatic heterocycles. The summed E-state index contributed by atoms with van der Waals surface area (Å²) in [7, 11) is -3.42. The molecule has 0 saturated heterocycles. The van der Waals surface area contributed by atoms with Crippen molar-refractivity contribution in [1.82, 2.24) is 4.72 Å². The molecule has 0 aliphatic carbocycles. The summed E-state index contributed by atoms with van der Waals surface area (Å²) >= 11 is 10.5. The highest BCUT2D eigenvalue weighted by molar-refractivity contribution is 7.88. The number of benzene rings is 2. The molecule has 1 atom stereocenters. The quantitative estimate of drug-likeness (QED) is 0.508. The van der Waals surface area contributed by atoms with Crippen molar-refractivity contribution in [1.29, 1.82) is 0 Å². The average molecular weight is 435 g/mol. The van der Waals surface area contributed by atoms with Crippen molar-refractivity contribution in [3.8, 4) is 11.1 Å². The number of alkyl halides is 3. The third-order valence-electron chi connectivity index (χ3n) is 3.65. The monoisotopic (exact) mass is 434 g/mol. The molecule has 2 aromatic carbocycles. The second-order valence-corrected chi connectivity index (χ2v) is 8.15. The van der Waals surface area contributed by atoms with E-state index in [4.69, 9.17) is 11.6 Å². The molecule has 0 fully saturated rings. The van der Waals surface area contributed by atoms with Gasteiger partial charge in [0, 0.05) is 11.6 Å². The van der Waals surface area contributed by atoms with E-state index in [1.807, 2.05) is 5.16 Å². The molecule has 1 unspecified atom stereocenters. The third kappa shape index (κ3) is 5.60. The Bertz CT molecular complexity index is 1000. The Balaban J connectivity index is 2.53. The summed E-state index contributed by atoms with van der Waals surface area (Å²) in [5, 5.41) is 1.88. The number of rotatable bonds is 5. The van der Waals surface area contributed by atoms with Crippen LogP contribution in [0.1, 0.15) is 24.1 Å². The van der Waals surface area contributed by atoms with E-state index in [0.717, 1.165) is 12.3 Å². The summed E-state index contributed by atoms with van der Waals surface area (Å²) in [6.07, 6.45) is -3.63. The normalized spacial score (nSPS) is 13.1. The van der Waals surface area contributed by atoms with E-state index in [0.29, 0.717) is 5.56 Å². The lowest BCUT2D eigenvalue weighted by molar-refractivity contribution is -0.137. The van der Waals surface area contributed by atoms with Crippen LogP contribution >= 0.6 is 23.8 Å². The van der Waals surface area contributed by atoms with Gasteiger partial charge in [-0.2, -0.15) is 18.2 Å². The Labute approximate surface area is 165 Å². The fraction of sp³-hybridized carbons (Fsp3) is 0.235. The Kier molecular flexibility index (Phi) is 6.44. The maximum atomic E-state index is 13.5. The summed E-state index contributed by atoms with van der Waals surface area (Å²) in [4.78, 5) is 3.56. The molecule has 0 aliphatic rings. The highest BCUT2D eigenvalue weighted by atomic mass is 35.5. The molecule has 0 saturated carbocycles. The molecule has 2 aromatic rings. The van der Waals surface area contributed by atoms with E-state index in [2.05, 4.69) is 21.9 Å². The minimum Gasteiger partial charge on any atom is -0.213 e. The molecular weight excluding hydrogens is 421 g/mol. The Morgan fingerprint density at radius 2 is 1.81 bits per heavy atom. The minimum absolute atomic E-state index is 0.0475. The van der Waals surface area contributed by atoms with Gasteiger partial charge in [0.15, 0.2) is 0 Å². The number of hydrogen-bond acceptors (Lipinski definition) is 4. The zero-order chi connectivity index (χ0) is 20.4. The molecule has 2 rings (SSSR count). The van der Waals surface area contributed by atoms with Crippen LogP contribution in [-0.2, 0) is 16.2 Å². The number of aliphatic imine (C=N–C) groups is 1. The van der Waals surface area contributed by atoms with E-state index in [1.54, 1.807) is 6.92 Å². The van der Waals surface area contributed by atoms with Crippen LogP contribution in [0.3, 0.4) is 0 Å². The topological polar surface area (TPSA) is 58.5 Å². The molecule has 0 amide bonds. The lowest BCUT2D eigenvalue weighted by Crippen LogP contribution is -2.25. The first-order valence-electron chi connectivity index (χ1n) is 7.48. The predicted molar refractivity (Wildman–Crippen MR) is 103 cm³/mol. The number of nitrogens with one attached hydrogen (secondary N) is 1. The predicted octanol–water partition coefficient (Wildman–Crippen LogP) is 5.37. The fourth-order valence-corrected chi connectivity index (χ4v) is 3.76. The molecule has 4 nitrogen and oxygen atoms in total. The van der Waals surface area contributed by atoms with Crippen molar-refractivity contribution in [2.24, 2.45) is 4.99 Å². The Morgan fingerprint density at radius 1 is 1.22 bits per heavy atom. The summed E-state index contributed by atoms with van der Waals surface area (Å²) in [5.41, 5.74) is -0.359. The van der Waals surface area contributed by atoms with Gasteiger partial charge in [0.1, 0.15) is 0 Å². The van der Waals surface area contributed by atoms with Gasteiger partial charge in [-0.1, -0.05) is 35.9 Å². The molecular formula is C17H14ClF3N2O2S2. The van der Waals surface area contributed by atoms with Gasteiger partial charge in [0.05, 0.1) is 27.7 Å². The van der Waals surface area contributed by atoms with Crippen LogP contribution in [0.2, 0.25) is 5.02 Å². The molecule has 1 N–H and O–H groups in total.